The number of hydrogen-bond acceptors (Lipinski definition) is 3. The Bertz CT molecular complexity index is 777. The van der Waals surface area contributed by atoms with Crippen LogP contribution in [0, 0.1) is 6.92 Å². The molecule has 5 heteroatoms. The number of nitrogens with zero attached hydrogens (tertiary/aromatic N) is 3. The summed E-state index contributed by atoms with van der Waals surface area (Å²) >= 11 is 0. The molecule has 2 aromatic heterocycles. The number of aromatic carboxylic acids is 1. The van der Waals surface area contributed by atoms with Crippen molar-refractivity contribution in [2.24, 2.45) is 0 Å². The van der Waals surface area contributed by atoms with Gasteiger partial charge in [0.15, 0.2) is 5.82 Å². The highest BCUT2D eigenvalue weighted by Crippen LogP contribution is 2.20. The molecule has 0 fully saturated rings. The molecular formula is C14H11N3O2. The third kappa shape index (κ3) is 1.85. The normalized spacial score (nSPS) is 10.8. The van der Waals surface area contributed by atoms with Crippen LogP contribution < -0.4 is 0 Å². The van der Waals surface area contributed by atoms with E-state index in [2.05, 4.69) is 9.97 Å². The number of carboxylic acids is 1. The number of hydrogen-bond donors (Lipinski definition) is 1. The Morgan fingerprint density at radius 1 is 1.32 bits per heavy atom. The fraction of sp³-hybridized carbons (Fsp3) is 0.0714. The molecular weight excluding hydrogens is 242 g/mol. The minimum absolute atomic E-state index is 0.166. The van der Waals surface area contributed by atoms with Crippen molar-refractivity contribution >= 4 is 16.9 Å². The molecule has 0 spiro atoms. The molecule has 94 valence electrons. The lowest BCUT2D eigenvalue weighted by Crippen LogP contribution is -2.08. The molecule has 5 nitrogen and oxygen atoms in total. The first-order valence-corrected chi connectivity index (χ1v) is 5.80. The first-order valence-electron chi connectivity index (χ1n) is 5.80. The van der Waals surface area contributed by atoms with Crippen LogP contribution in [0.15, 0.2) is 42.7 Å². The van der Waals surface area contributed by atoms with Crippen molar-refractivity contribution in [2.45, 2.75) is 6.92 Å². The Morgan fingerprint density at radius 3 is 2.79 bits per heavy atom. The fourth-order valence-corrected chi connectivity index (χ4v) is 2.05. The Hall–Kier alpha value is -2.69. The Morgan fingerprint density at radius 2 is 2.11 bits per heavy atom. The molecule has 3 aromatic rings. The highest BCUT2D eigenvalue weighted by atomic mass is 16.4. The van der Waals surface area contributed by atoms with Crippen molar-refractivity contribution in [3.8, 4) is 5.82 Å². The first-order chi connectivity index (χ1) is 9.16. The van der Waals surface area contributed by atoms with Crippen LogP contribution in [0.1, 0.15) is 16.2 Å². The number of imidazole rings is 1. The van der Waals surface area contributed by atoms with Gasteiger partial charge in [0.05, 0.1) is 5.52 Å². The number of aromatic nitrogens is 3. The second-order valence-electron chi connectivity index (χ2n) is 4.20. The van der Waals surface area contributed by atoms with Gasteiger partial charge in [-0.05, 0) is 19.1 Å². The molecule has 3 rings (SSSR count). The molecule has 0 amide bonds. The van der Waals surface area contributed by atoms with Crippen molar-refractivity contribution in [1.29, 1.82) is 0 Å². The van der Waals surface area contributed by atoms with Gasteiger partial charge in [0.25, 0.3) is 0 Å². The van der Waals surface area contributed by atoms with Gasteiger partial charge in [-0.25, -0.2) is 14.8 Å². The van der Waals surface area contributed by atoms with Gasteiger partial charge in [-0.3, -0.25) is 4.57 Å². The topological polar surface area (TPSA) is 68.0 Å². The second kappa shape index (κ2) is 4.20. The number of aryl methyl sites for hydroxylation is 1. The molecule has 2 heterocycles. The van der Waals surface area contributed by atoms with Crippen LogP contribution in [0.5, 0.6) is 0 Å². The number of carbonyl (C=O) groups is 1. The summed E-state index contributed by atoms with van der Waals surface area (Å²) in [5, 5.41) is 10.1. The van der Waals surface area contributed by atoms with Crippen LogP contribution in [-0.4, -0.2) is 25.6 Å². The molecule has 19 heavy (non-hydrogen) atoms. The van der Waals surface area contributed by atoms with Gasteiger partial charge in [-0.2, -0.15) is 0 Å². The van der Waals surface area contributed by atoms with Gasteiger partial charge in [-0.15, -0.1) is 0 Å². The average molecular weight is 253 g/mol. The number of pyridine rings is 1. The quantitative estimate of drug-likeness (QED) is 0.761. The lowest BCUT2D eigenvalue weighted by molar-refractivity contribution is 0.0696. The van der Waals surface area contributed by atoms with Crippen molar-refractivity contribution < 1.29 is 9.90 Å². The smallest absolute Gasteiger partial charge is 0.339 e. The zero-order valence-electron chi connectivity index (χ0n) is 10.2. The molecule has 0 unspecified atom stereocenters. The zero-order valence-corrected chi connectivity index (χ0v) is 10.2. The predicted molar refractivity (Wildman–Crippen MR) is 70.6 cm³/mol. The van der Waals surface area contributed by atoms with Crippen molar-refractivity contribution in [1.82, 2.24) is 14.5 Å². The summed E-state index contributed by atoms with van der Waals surface area (Å²) in [6.07, 6.45) is 3.33. The summed E-state index contributed by atoms with van der Waals surface area (Å²) in [5.74, 6) is 0.0906. The van der Waals surface area contributed by atoms with Gasteiger partial charge in [0, 0.05) is 17.8 Å². The summed E-state index contributed by atoms with van der Waals surface area (Å²) in [4.78, 5) is 19.9. The number of benzene rings is 1. The van der Waals surface area contributed by atoms with E-state index in [0.29, 0.717) is 11.6 Å². The third-order valence-electron chi connectivity index (χ3n) is 2.99. The molecule has 0 bridgehead atoms. The highest BCUT2D eigenvalue weighted by molar-refractivity contribution is 5.96. The summed E-state index contributed by atoms with van der Waals surface area (Å²) in [7, 11) is 0. The van der Waals surface area contributed by atoms with Crippen molar-refractivity contribution in [3.63, 3.8) is 0 Å². The van der Waals surface area contributed by atoms with E-state index in [0.717, 1.165) is 10.9 Å². The SMILES string of the molecule is Cc1nccn1-c1nc2ccccc2cc1C(=O)O. The molecule has 0 saturated carbocycles. The van der Waals surface area contributed by atoms with Gasteiger partial charge < -0.3 is 5.11 Å². The van der Waals surface area contributed by atoms with E-state index >= 15 is 0 Å². The monoisotopic (exact) mass is 253 g/mol. The van der Waals surface area contributed by atoms with E-state index < -0.39 is 5.97 Å². The van der Waals surface area contributed by atoms with E-state index in [-0.39, 0.29) is 5.56 Å². The van der Waals surface area contributed by atoms with Crippen LogP contribution >= 0.6 is 0 Å². The Balaban J connectivity index is 2.36. The number of rotatable bonds is 2. The zero-order chi connectivity index (χ0) is 13.4. The van der Waals surface area contributed by atoms with E-state index in [9.17, 15) is 9.90 Å². The summed E-state index contributed by atoms with van der Waals surface area (Å²) in [5.41, 5.74) is 0.926. The minimum atomic E-state index is -0.999. The summed E-state index contributed by atoms with van der Waals surface area (Å²) in [6, 6.07) is 9.08. The lowest BCUT2D eigenvalue weighted by atomic mass is 10.1. The molecule has 0 aliphatic heterocycles. The molecule has 0 saturated heterocycles. The first kappa shape index (κ1) is 11.4. The average Bonchev–Trinajstić information content (AvgIpc) is 2.83. The number of fused-ring (bicyclic) bond motifs is 1. The summed E-state index contributed by atoms with van der Waals surface area (Å²) < 4.78 is 1.68. The molecule has 0 aliphatic rings. The summed E-state index contributed by atoms with van der Waals surface area (Å²) in [6.45, 7) is 1.81. The van der Waals surface area contributed by atoms with E-state index in [1.165, 1.54) is 0 Å². The molecule has 1 aromatic carbocycles. The number of para-hydroxylation sites is 1. The van der Waals surface area contributed by atoms with Crippen molar-refractivity contribution in [3.05, 3.63) is 54.1 Å². The lowest BCUT2D eigenvalue weighted by Gasteiger charge is -2.09. The molecule has 1 N–H and O–H groups in total. The maximum atomic E-state index is 11.4. The molecule has 0 radical (unpaired) electrons. The van der Waals surface area contributed by atoms with Gasteiger partial charge in [-0.1, -0.05) is 18.2 Å². The van der Waals surface area contributed by atoms with Gasteiger partial charge in [0.2, 0.25) is 0 Å². The molecule has 0 aliphatic carbocycles. The standard InChI is InChI=1S/C14H11N3O2/c1-9-15-6-7-17(9)13-11(14(18)19)8-10-4-2-3-5-12(10)16-13/h2-8H,1H3,(H,18,19). The Kier molecular flexibility index (Phi) is 2.52. The van der Waals surface area contributed by atoms with Crippen LogP contribution in [0.25, 0.3) is 16.7 Å². The van der Waals surface area contributed by atoms with E-state index in [1.54, 1.807) is 23.0 Å². The molecule has 0 atom stereocenters. The second-order valence-corrected chi connectivity index (χ2v) is 4.20. The van der Waals surface area contributed by atoms with Crippen LogP contribution in [0.2, 0.25) is 0 Å². The van der Waals surface area contributed by atoms with Crippen molar-refractivity contribution in [2.75, 3.05) is 0 Å². The van der Waals surface area contributed by atoms with Crippen LogP contribution in [0.3, 0.4) is 0 Å². The van der Waals surface area contributed by atoms with Crippen LogP contribution in [-0.2, 0) is 0 Å². The number of carboxylic acid groups (broad SMARTS) is 1. The Labute approximate surface area is 109 Å². The highest BCUT2D eigenvalue weighted by Gasteiger charge is 2.15. The minimum Gasteiger partial charge on any atom is -0.478 e. The van der Waals surface area contributed by atoms with Gasteiger partial charge in [0.1, 0.15) is 11.4 Å². The van der Waals surface area contributed by atoms with E-state index in [1.807, 2.05) is 31.2 Å². The fourth-order valence-electron chi connectivity index (χ4n) is 2.05. The largest absolute Gasteiger partial charge is 0.478 e. The maximum Gasteiger partial charge on any atom is 0.339 e. The maximum absolute atomic E-state index is 11.4. The van der Waals surface area contributed by atoms with Crippen LogP contribution in [0.4, 0.5) is 0 Å². The van der Waals surface area contributed by atoms with E-state index in [4.69, 9.17) is 0 Å². The third-order valence-corrected chi connectivity index (χ3v) is 2.99. The predicted octanol–water partition coefficient (Wildman–Crippen LogP) is 2.43. The van der Waals surface area contributed by atoms with Gasteiger partial charge >= 0.3 is 5.97 Å².